The Morgan fingerprint density at radius 3 is 2.24 bits per heavy atom. The third kappa shape index (κ3) is 3.45. The minimum atomic E-state index is -0.375. The predicted octanol–water partition coefficient (Wildman–Crippen LogP) is 2.79. The molecule has 2 atom stereocenters. The van der Waals surface area contributed by atoms with Crippen molar-refractivity contribution >= 4 is 17.6 Å². The van der Waals surface area contributed by atoms with E-state index >= 15 is 0 Å². The van der Waals surface area contributed by atoms with E-state index in [-0.39, 0.29) is 23.8 Å². The lowest BCUT2D eigenvalue weighted by molar-refractivity contribution is -0.147. The fourth-order valence-electron chi connectivity index (χ4n) is 1.86. The highest BCUT2D eigenvalue weighted by molar-refractivity contribution is 6.30. The van der Waals surface area contributed by atoms with Crippen LogP contribution in [0.2, 0.25) is 5.02 Å². The fraction of sp³-hybridized carbons (Fsp3) is 0.462. The minimum Gasteiger partial charge on any atom is -0.469 e. The Morgan fingerprint density at radius 1 is 1.29 bits per heavy atom. The molecule has 1 aromatic rings. The zero-order valence-corrected chi connectivity index (χ0v) is 11.1. The number of ether oxygens (including phenoxy) is 1. The molecule has 0 heterocycles. The first-order valence-electron chi connectivity index (χ1n) is 5.56. The van der Waals surface area contributed by atoms with Crippen LogP contribution in [0.1, 0.15) is 25.5 Å². The molecular formula is C13H18ClNO2. The fourth-order valence-corrected chi connectivity index (χ4v) is 1.99. The summed E-state index contributed by atoms with van der Waals surface area (Å²) >= 11 is 5.82. The monoisotopic (exact) mass is 255 g/mol. The number of carbonyl (C=O) groups is 1. The molecule has 3 nitrogen and oxygen atoms in total. The smallest absolute Gasteiger partial charge is 0.310 e. The highest BCUT2D eigenvalue weighted by atomic mass is 35.5. The Labute approximate surface area is 107 Å². The largest absolute Gasteiger partial charge is 0.469 e. The van der Waals surface area contributed by atoms with Crippen LogP contribution >= 0.6 is 11.6 Å². The van der Waals surface area contributed by atoms with Crippen molar-refractivity contribution in [1.82, 2.24) is 0 Å². The van der Waals surface area contributed by atoms with E-state index < -0.39 is 0 Å². The molecule has 0 saturated carbocycles. The average Bonchev–Trinajstić information content (AvgIpc) is 2.29. The van der Waals surface area contributed by atoms with Gasteiger partial charge in [0.15, 0.2) is 0 Å². The van der Waals surface area contributed by atoms with Gasteiger partial charge in [-0.1, -0.05) is 37.6 Å². The molecule has 0 fully saturated rings. The molecule has 0 aliphatic carbocycles. The number of hydrogen-bond acceptors (Lipinski definition) is 3. The zero-order valence-electron chi connectivity index (χ0n) is 10.3. The molecule has 2 N–H and O–H groups in total. The van der Waals surface area contributed by atoms with E-state index in [2.05, 4.69) is 0 Å². The number of carbonyl (C=O) groups excluding carboxylic acids is 1. The van der Waals surface area contributed by atoms with Crippen LogP contribution in [0.15, 0.2) is 24.3 Å². The van der Waals surface area contributed by atoms with E-state index in [1.165, 1.54) is 7.11 Å². The summed E-state index contributed by atoms with van der Waals surface area (Å²) in [7, 11) is 1.38. The molecule has 0 saturated heterocycles. The lowest BCUT2D eigenvalue weighted by Crippen LogP contribution is -2.33. The second-order valence-corrected chi connectivity index (χ2v) is 4.81. The number of halogens is 1. The molecule has 1 aromatic carbocycles. The van der Waals surface area contributed by atoms with Gasteiger partial charge in [0, 0.05) is 11.1 Å². The summed E-state index contributed by atoms with van der Waals surface area (Å²) in [6.45, 7) is 3.91. The molecule has 0 radical (unpaired) electrons. The van der Waals surface area contributed by atoms with Crippen LogP contribution in [0.3, 0.4) is 0 Å². The average molecular weight is 256 g/mol. The number of benzene rings is 1. The van der Waals surface area contributed by atoms with Gasteiger partial charge in [-0.2, -0.15) is 0 Å². The van der Waals surface area contributed by atoms with Gasteiger partial charge in [0.25, 0.3) is 0 Å². The molecule has 17 heavy (non-hydrogen) atoms. The second-order valence-electron chi connectivity index (χ2n) is 4.37. The highest BCUT2D eigenvalue weighted by Gasteiger charge is 2.30. The summed E-state index contributed by atoms with van der Waals surface area (Å²) in [6, 6.07) is 6.84. The Balaban J connectivity index is 2.95. The quantitative estimate of drug-likeness (QED) is 0.842. The van der Waals surface area contributed by atoms with Crippen molar-refractivity contribution < 1.29 is 9.53 Å². The SMILES string of the molecule is COC(=O)C(C(C)C)C(N)c1ccc(Cl)cc1. The Kier molecular flexibility index (Phi) is 4.97. The summed E-state index contributed by atoms with van der Waals surface area (Å²) in [5.74, 6) is -0.503. The van der Waals surface area contributed by atoms with Gasteiger partial charge in [0.05, 0.1) is 13.0 Å². The first-order valence-corrected chi connectivity index (χ1v) is 5.94. The number of nitrogens with two attached hydrogens (primary N) is 1. The van der Waals surface area contributed by atoms with Crippen LogP contribution in [0.4, 0.5) is 0 Å². The van der Waals surface area contributed by atoms with E-state index in [0.29, 0.717) is 5.02 Å². The molecule has 0 spiro atoms. The molecule has 94 valence electrons. The first-order chi connectivity index (χ1) is 7.97. The van der Waals surface area contributed by atoms with Crippen molar-refractivity contribution in [3.63, 3.8) is 0 Å². The van der Waals surface area contributed by atoms with Crippen molar-refractivity contribution in [2.45, 2.75) is 19.9 Å². The van der Waals surface area contributed by atoms with Gasteiger partial charge < -0.3 is 10.5 Å². The Morgan fingerprint density at radius 2 is 1.82 bits per heavy atom. The van der Waals surface area contributed by atoms with Crippen molar-refractivity contribution in [3.8, 4) is 0 Å². The normalized spacial score (nSPS) is 14.5. The summed E-state index contributed by atoms with van der Waals surface area (Å²) < 4.78 is 4.80. The van der Waals surface area contributed by atoms with Crippen LogP contribution in [-0.4, -0.2) is 13.1 Å². The topological polar surface area (TPSA) is 52.3 Å². The summed E-state index contributed by atoms with van der Waals surface area (Å²) in [5.41, 5.74) is 7.01. The molecule has 0 bridgehead atoms. The van der Waals surface area contributed by atoms with Gasteiger partial charge in [-0.3, -0.25) is 4.79 Å². The number of rotatable bonds is 4. The maximum absolute atomic E-state index is 11.7. The molecular weight excluding hydrogens is 238 g/mol. The minimum absolute atomic E-state index is 0.119. The van der Waals surface area contributed by atoms with Gasteiger partial charge in [0.2, 0.25) is 0 Å². The van der Waals surface area contributed by atoms with Crippen molar-refractivity contribution in [2.24, 2.45) is 17.6 Å². The third-order valence-corrected chi connectivity index (χ3v) is 3.09. The Bertz CT molecular complexity index is 376. The van der Waals surface area contributed by atoms with Crippen LogP contribution in [0.25, 0.3) is 0 Å². The maximum atomic E-state index is 11.7. The van der Waals surface area contributed by atoms with Crippen LogP contribution in [-0.2, 0) is 9.53 Å². The van der Waals surface area contributed by atoms with E-state index in [0.717, 1.165) is 5.56 Å². The van der Waals surface area contributed by atoms with Gasteiger partial charge >= 0.3 is 5.97 Å². The highest BCUT2D eigenvalue weighted by Crippen LogP contribution is 2.27. The summed E-state index contributed by atoms with van der Waals surface area (Å²) in [4.78, 5) is 11.7. The molecule has 0 aliphatic heterocycles. The molecule has 2 unspecified atom stereocenters. The standard InChI is InChI=1S/C13H18ClNO2/c1-8(2)11(13(16)17-3)12(15)9-4-6-10(14)7-5-9/h4-8,11-12H,15H2,1-3H3. The maximum Gasteiger partial charge on any atom is 0.310 e. The van der Waals surface area contributed by atoms with Crippen LogP contribution in [0, 0.1) is 11.8 Å². The number of hydrogen-bond donors (Lipinski definition) is 1. The van der Waals surface area contributed by atoms with Gasteiger partial charge in [-0.25, -0.2) is 0 Å². The van der Waals surface area contributed by atoms with E-state index in [1.54, 1.807) is 12.1 Å². The molecule has 0 amide bonds. The lowest BCUT2D eigenvalue weighted by Gasteiger charge is -2.25. The lowest BCUT2D eigenvalue weighted by atomic mass is 9.85. The third-order valence-electron chi connectivity index (χ3n) is 2.83. The summed E-state index contributed by atoms with van der Waals surface area (Å²) in [6.07, 6.45) is 0. The van der Waals surface area contributed by atoms with E-state index in [9.17, 15) is 4.79 Å². The van der Waals surface area contributed by atoms with E-state index in [4.69, 9.17) is 22.1 Å². The van der Waals surface area contributed by atoms with Crippen LogP contribution in [0.5, 0.6) is 0 Å². The van der Waals surface area contributed by atoms with Crippen molar-refractivity contribution in [2.75, 3.05) is 7.11 Å². The second kappa shape index (κ2) is 6.03. The molecule has 4 heteroatoms. The van der Waals surface area contributed by atoms with E-state index in [1.807, 2.05) is 26.0 Å². The Hall–Kier alpha value is -1.06. The van der Waals surface area contributed by atoms with Gasteiger partial charge in [-0.05, 0) is 23.6 Å². The molecule has 1 rings (SSSR count). The summed E-state index contributed by atoms with van der Waals surface area (Å²) in [5, 5.41) is 0.653. The zero-order chi connectivity index (χ0) is 13.0. The first kappa shape index (κ1) is 14.0. The van der Waals surface area contributed by atoms with Crippen LogP contribution < -0.4 is 5.73 Å². The van der Waals surface area contributed by atoms with Gasteiger partial charge in [0.1, 0.15) is 0 Å². The number of methoxy groups -OCH3 is 1. The predicted molar refractivity (Wildman–Crippen MR) is 68.7 cm³/mol. The van der Waals surface area contributed by atoms with Gasteiger partial charge in [-0.15, -0.1) is 0 Å². The van der Waals surface area contributed by atoms with Crippen molar-refractivity contribution in [1.29, 1.82) is 0 Å². The number of esters is 1. The van der Waals surface area contributed by atoms with Crippen molar-refractivity contribution in [3.05, 3.63) is 34.9 Å². The molecule has 0 aromatic heterocycles. The molecule has 0 aliphatic rings.